The van der Waals surface area contributed by atoms with Gasteiger partial charge in [0.15, 0.2) is 25.1 Å². The number of benzene rings is 9. The van der Waals surface area contributed by atoms with E-state index in [-0.39, 0.29) is 66.0 Å². The molecule has 3 aliphatic heterocycles. The van der Waals surface area contributed by atoms with Gasteiger partial charge in [0.25, 0.3) is 17.7 Å². The molecule has 0 radical (unpaired) electrons. The summed E-state index contributed by atoms with van der Waals surface area (Å²) in [7, 11) is 2.07. The third-order valence-corrected chi connectivity index (χ3v) is 21.1. The van der Waals surface area contributed by atoms with Crippen LogP contribution in [0.2, 0.25) is 0 Å². The Hall–Kier alpha value is -11.2. The summed E-state index contributed by atoms with van der Waals surface area (Å²) in [6.07, 6.45) is 2.64. The number of amides is 3. The number of aromatic carboxylic acids is 1. The maximum Gasteiger partial charge on any atom is 0.345 e. The summed E-state index contributed by atoms with van der Waals surface area (Å²) in [6, 6.07) is 54.3. The van der Waals surface area contributed by atoms with Crippen LogP contribution in [-0.2, 0) is 9.47 Å². The molecule has 0 aliphatic carbocycles. The quantitative estimate of drug-likeness (QED) is 0.0712. The number of aromatic hydroxyl groups is 4. The van der Waals surface area contributed by atoms with Crippen molar-refractivity contribution in [3.8, 4) is 65.4 Å². The fourth-order valence-corrected chi connectivity index (χ4v) is 15.0. The number of carbonyl (C=O) groups excluding carboxylic acids is 7. The van der Waals surface area contributed by atoms with E-state index in [1.807, 2.05) is 130 Å². The summed E-state index contributed by atoms with van der Waals surface area (Å²) in [4.78, 5) is 106. The maximum absolute atomic E-state index is 12.7. The van der Waals surface area contributed by atoms with E-state index in [1.165, 1.54) is 58.3 Å². The number of piperazine rings is 1. The van der Waals surface area contributed by atoms with Gasteiger partial charge in [-0.3, -0.25) is 33.6 Å². The van der Waals surface area contributed by atoms with E-state index in [4.69, 9.17) is 14.6 Å². The Kier molecular flexibility index (Phi) is 24.2. The predicted molar refractivity (Wildman–Crippen MR) is 407 cm³/mol. The van der Waals surface area contributed by atoms with E-state index in [1.54, 1.807) is 42.5 Å². The molecule has 3 aromatic heterocycles. The molecule has 0 unspecified atom stereocenters. The van der Waals surface area contributed by atoms with Gasteiger partial charge in [-0.25, -0.2) is 4.79 Å². The van der Waals surface area contributed by atoms with E-state index in [9.17, 15) is 58.8 Å². The lowest BCUT2D eigenvalue weighted by atomic mass is 9.97. The Morgan fingerprint density at radius 3 is 0.990 bits per heavy atom. The van der Waals surface area contributed by atoms with E-state index in [0.29, 0.717) is 121 Å². The number of carbonyl (C=O) groups is 8. The number of carboxylic acid groups (broad SMARTS) is 1. The van der Waals surface area contributed by atoms with Crippen molar-refractivity contribution in [2.45, 2.75) is 14.9 Å². The zero-order valence-corrected chi connectivity index (χ0v) is 56.9. The number of likely N-dealkylation sites (N-methyl/N-ethyl adjacent to an activating group) is 1. The summed E-state index contributed by atoms with van der Waals surface area (Å²) < 4.78 is 10.6. The van der Waals surface area contributed by atoms with E-state index in [2.05, 4.69) is 11.9 Å². The van der Waals surface area contributed by atoms with Crippen LogP contribution in [0.1, 0.15) is 95.7 Å². The zero-order chi connectivity index (χ0) is 70.8. The number of hydrogen-bond donors (Lipinski definition) is 5. The first kappa shape index (κ1) is 74.5. The molecule has 5 N–H and O–H groups in total. The Morgan fingerprint density at radius 2 is 0.650 bits per heavy atom. The van der Waals surface area contributed by atoms with Gasteiger partial charge in [-0.1, -0.05) is 99.8 Å². The van der Waals surface area contributed by atoms with Gasteiger partial charge < -0.3 is 54.6 Å². The molecule has 3 aliphatic rings. The maximum atomic E-state index is 12.7. The molecule has 0 bridgehead atoms. The Bertz CT molecular complexity index is 5160. The second kappa shape index (κ2) is 33.5. The monoisotopic (exact) mass is 1440 g/mol. The third-order valence-electron chi connectivity index (χ3n) is 17.8. The molecule has 0 atom stereocenters. The lowest BCUT2D eigenvalue weighted by Gasteiger charge is -2.32. The first-order valence-corrected chi connectivity index (χ1v) is 34.7. The number of hydrogen-bond acceptors (Lipinski definition) is 18. The van der Waals surface area contributed by atoms with Gasteiger partial charge in [0.2, 0.25) is 0 Å². The second-order valence-corrected chi connectivity index (χ2v) is 27.2. The van der Waals surface area contributed by atoms with Gasteiger partial charge in [0.05, 0.1) is 58.4 Å². The summed E-state index contributed by atoms with van der Waals surface area (Å²) in [5, 5.41) is 54.3. The zero-order valence-electron chi connectivity index (χ0n) is 54.4. The van der Waals surface area contributed by atoms with Crippen molar-refractivity contribution in [3.05, 3.63) is 224 Å². The molecular weight excluding hydrogens is 1370 g/mol. The van der Waals surface area contributed by atoms with Crippen LogP contribution in [0.15, 0.2) is 182 Å². The van der Waals surface area contributed by atoms with Crippen LogP contribution < -0.4 is 0 Å². The van der Waals surface area contributed by atoms with Crippen LogP contribution in [0, 0.1) is 0 Å². The molecule has 22 heteroatoms. The fourth-order valence-electron chi connectivity index (χ4n) is 12.2. The van der Waals surface area contributed by atoms with Gasteiger partial charge in [0.1, 0.15) is 27.9 Å². The van der Waals surface area contributed by atoms with Crippen molar-refractivity contribution in [2.24, 2.45) is 0 Å². The van der Waals surface area contributed by atoms with Crippen LogP contribution in [0.4, 0.5) is 0 Å². The first-order chi connectivity index (χ1) is 49.0. The first-order valence-electron chi connectivity index (χ1n) is 32.2. The standard InChI is InChI=1S/C22H19NO4.C21H20N2O3S.C20H17NO4S.C16H10O4S.2CH4/c24-14-20-19-7-5-17(13-18(19)6-8-21(20)25)15-1-3-16(4-2-15)22(26)23-9-11-27-12-10-23;1-22-8-10-23(11-9-22)21(26)20-7-6-19(27-20)15-2-4-16-14(12-15)3-5-18(25)17(16)13-24;22-12-16-15-3-1-14(11-13(15)2-4-17(16)23)18-5-6-19(26-18)20(24)21-7-9-25-10-8-21;17-8-12-11-3-1-10(7-9(11)2-4-13(12)18)14-5-6-15(21-14)16(19)20;;/h1-8,13-14,25H,9-12H2;2-7,12-13,25H,8-11H2,1H3;1-6,11-12,23H,7-10H2;1-8,18H,(H,19,20);2*1H4. The van der Waals surface area contributed by atoms with Gasteiger partial charge in [0, 0.05) is 72.6 Å². The molecule has 0 spiro atoms. The summed E-state index contributed by atoms with van der Waals surface area (Å²) >= 11 is 4.14. The highest BCUT2D eigenvalue weighted by molar-refractivity contribution is 7.18. The van der Waals surface area contributed by atoms with Crippen molar-refractivity contribution in [3.63, 3.8) is 0 Å². The molecule has 6 heterocycles. The van der Waals surface area contributed by atoms with Gasteiger partial charge >= 0.3 is 5.97 Å². The van der Waals surface area contributed by atoms with Crippen molar-refractivity contribution in [1.82, 2.24) is 19.6 Å². The Labute approximate surface area is 605 Å². The smallest absolute Gasteiger partial charge is 0.345 e. The van der Waals surface area contributed by atoms with Crippen molar-refractivity contribution in [2.75, 3.05) is 85.8 Å². The normalized spacial score (nSPS) is 13.6. The molecule has 103 heavy (non-hydrogen) atoms. The van der Waals surface area contributed by atoms with E-state index in [0.717, 1.165) is 100 Å². The summed E-state index contributed by atoms with van der Waals surface area (Å²) in [5.41, 5.74) is 6.63. The molecule has 9 aromatic carbocycles. The predicted octanol–water partition coefficient (Wildman–Crippen LogP) is 15.6. The van der Waals surface area contributed by atoms with Crippen molar-refractivity contribution in [1.29, 1.82) is 0 Å². The number of ether oxygens (including phenoxy) is 2. The molecule has 19 nitrogen and oxygen atoms in total. The molecule has 3 fully saturated rings. The lowest BCUT2D eigenvalue weighted by Crippen LogP contribution is -2.46. The Balaban J connectivity index is 0.000000147. The number of aldehydes is 4. The van der Waals surface area contributed by atoms with E-state index >= 15 is 0 Å². The van der Waals surface area contributed by atoms with Crippen molar-refractivity contribution < 1.29 is 73.4 Å². The molecule has 3 saturated heterocycles. The Morgan fingerprint density at radius 1 is 0.350 bits per heavy atom. The van der Waals surface area contributed by atoms with Crippen LogP contribution in [0.25, 0.3) is 85.5 Å². The highest BCUT2D eigenvalue weighted by atomic mass is 32.1. The highest BCUT2D eigenvalue weighted by Gasteiger charge is 2.25. The number of phenolic OH excluding ortho intramolecular Hbond substituents is 4. The van der Waals surface area contributed by atoms with Crippen molar-refractivity contribution >= 4 is 126 Å². The molecule has 0 saturated carbocycles. The van der Waals surface area contributed by atoms with Gasteiger partial charge in [-0.2, -0.15) is 0 Å². The minimum atomic E-state index is -0.944. The van der Waals surface area contributed by atoms with Crippen LogP contribution in [-0.4, -0.2) is 180 Å². The average Bonchev–Trinajstić information content (AvgIpc) is 1.79. The van der Waals surface area contributed by atoms with Crippen LogP contribution in [0.3, 0.4) is 0 Å². The van der Waals surface area contributed by atoms with Gasteiger partial charge in [-0.15, -0.1) is 34.0 Å². The number of phenols is 4. The minimum Gasteiger partial charge on any atom is -0.507 e. The topological polar surface area (TPSA) is 269 Å². The number of nitrogens with zero attached hydrogens (tertiary/aromatic N) is 4. The van der Waals surface area contributed by atoms with Crippen LogP contribution >= 0.6 is 34.0 Å². The molecule has 3 amide bonds. The number of fused-ring (bicyclic) bond motifs is 4. The number of morpholine rings is 2. The van der Waals surface area contributed by atoms with Gasteiger partial charge in [-0.05, 0) is 175 Å². The van der Waals surface area contributed by atoms with E-state index < -0.39 is 5.97 Å². The molecular formula is C81H74N4O15S3. The number of thiophene rings is 3. The van der Waals surface area contributed by atoms with Crippen LogP contribution in [0.5, 0.6) is 23.0 Å². The second-order valence-electron chi connectivity index (χ2n) is 24.0. The number of rotatable bonds is 12. The fraction of sp³-hybridized carbons (Fsp3) is 0.185. The lowest BCUT2D eigenvalue weighted by molar-refractivity contribution is 0.0302. The summed E-state index contributed by atoms with van der Waals surface area (Å²) in [6.45, 7) is 8.15. The average molecular weight is 1440 g/mol. The molecule has 526 valence electrons. The third kappa shape index (κ3) is 16.6. The SMILES string of the molecule is C.C.CN1CCN(C(=O)c2ccc(-c3ccc4c(C=O)c(O)ccc4c3)s2)CC1.O=Cc1c(O)ccc2cc(-c3ccc(C(=O)N4CCOCC4)cc3)ccc12.O=Cc1c(O)ccc2cc(-c3ccc(C(=O)N4CCOCC4)s3)ccc12.O=Cc1c(O)ccc2cc(-c3ccc(C(=O)O)s3)ccc12. The molecule has 15 rings (SSSR count). The number of carboxylic acids is 1. The largest absolute Gasteiger partial charge is 0.507 e. The molecule has 12 aromatic rings. The summed E-state index contributed by atoms with van der Waals surface area (Å²) in [5.74, 6) is -0.886. The highest BCUT2D eigenvalue weighted by Crippen LogP contribution is 2.38. The minimum absolute atomic E-state index is 0.